The molecular weight excluding hydrogens is 340 g/mol. The highest BCUT2D eigenvalue weighted by molar-refractivity contribution is 5.95. The lowest BCUT2D eigenvalue weighted by molar-refractivity contribution is 0.0772. The molecule has 0 aliphatic carbocycles. The Labute approximate surface area is 159 Å². The molecule has 1 amide bonds. The number of nitrogens with zero attached hydrogens (tertiary/aromatic N) is 2. The van der Waals surface area contributed by atoms with Crippen LogP contribution in [0.15, 0.2) is 57.6 Å². The molecule has 0 saturated carbocycles. The van der Waals surface area contributed by atoms with Gasteiger partial charge in [-0.1, -0.05) is 18.2 Å². The standard InChI is InChI=1S/C22H24N2O3/c1-15-12-17-6-4-5-7-20(17)24(15)14-21-19(10-11-26-21)22(25)23(3)13-18-9-8-16(2)27-18/h4-11,15H,12-14H2,1-3H3. The van der Waals surface area contributed by atoms with Crippen molar-refractivity contribution in [3.63, 3.8) is 0 Å². The number of furan rings is 2. The quantitative estimate of drug-likeness (QED) is 0.673. The summed E-state index contributed by atoms with van der Waals surface area (Å²) in [6.07, 6.45) is 2.61. The molecule has 140 valence electrons. The molecule has 0 radical (unpaired) electrons. The third kappa shape index (κ3) is 3.37. The highest BCUT2D eigenvalue weighted by atomic mass is 16.3. The van der Waals surface area contributed by atoms with E-state index in [1.807, 2.05) is 19.1 Å². The molecule has 1 atom stereocenters. The largest absolute Gasteiger partial charge is 0.467 e. The molecule has 0 bridgehead atoms. The van der Waals surface area contributed by atoms with Gasteiger partial charge in [0.1, 0.15) is 17.3 Å². The Morgan fingerprint density at radius 2 is 2.04 bits per heavy atom. The van der Waals surface area contributed by atoms with E-state index >= 15 is 0 Å². The molecule has 5 heteroatoms. The van der Waals surface area contributed by atoms with Gasteiger partial charge in [-0.05, 0) is 50.1 Å². The van der Waals surface area contributed by atoms with Crippen LogP contribution in [0.2, 0.25) is 0 Å². The first-order chi connectivity index (χ1) is 13.0. The predicted molar refractivity (Wildman–Crippen MR) is 104 cm³/mol. The van der Waals surface area contributed by atoms with E-state index < -0.39 is 0 Å². The number of hydrogen-bond donors (Lipinski definition) is 0. The van der Waals surface area contributed by atoms with E-state index in [0.717, 1.165) is 17.9 Å². The van der Waals surface area contributed by atoms with E-state index in [1.54, 1.807) is 24.3 Å². The first kappa shape index (κ1) is 17.5. The minimum atomic E-state index is -0.0621. The molecule has 1 aliphatic heterocycles. The molecule has 4 rings (SSSR count). The molecule has 3 heterocycles. The van der Waals surface area contributed by atoms with Crippen LogP contribution in [-0.4, -0.2) is 23.9 Å². The summed E-state index contributed by atoms with van der Waals surface area (Å²) in [5, 5.41) is 0. The third-order valence-corrected chi connectivity index (χ3v) is 5.17. The normalized spacial score (nSPS) is 15.8. The fourth-order valence-electron chi connectivity index (χ4n) is 3.76. The van der Waals surface area contributed by atoms with Crippen molar-refractivity contribution in [2.45, 2.75) is 39.4 Å². The van der Waals surface area contributed by atoms with E-state index in [0.29, 0.717) is 30.5 Å². The molecule has 27 heavy (non-hydrogen) atoms. The number of para-hydroxylation sites is 1. The summed E-state index contributed by atoms with van der Waals surface area (Å²) in [6, 6.07) is 14.4. The molecule has 3 aromatic rings. The molecule has 0 saturated heterocycles. The Kier molecular flexibility index (Phi) is 4.52. The van der Waals surface area contributed by atoms with Gasteiger partial charge in [-0.3, -0.25) is 4.79 Å². The highest BCUT2D eigenvalue weighted by Gasteiger charge is 2.28. The Hall–Kier alpha value is -2.95. The summed E-state index contributed by atoms with van der Waals surface area (Å²) in [6.45, 7) is 5.12. The molecule has 1 unspecified atom stereocenters. The second-order valence-corrected chi connectivity index (χ2v) is 7.24. The molecule has 0 fully saturated rings. The van der Waals surface area contributed by atoms with Gasteiger partial charge in [-0.25, -0.2) is 0 Å². The molecular formula is C22H24N2O3. The van der Waals surface area contributed by atoms with E-state index in [2.05, 4.69) is 36.1 Å². The topological polar surface area (TPSA) is 49.8 Å². The fourth-order valence-corrected chi connectivity index (χ4v) is 3.76. The summed E-state index contributed by atoms with van der Waals surface area (Å²) in [5.74, 6) is 2.26. The summed E-state index contributed by atoms with van der Waals surface area (Å²) < 4.78 is 11.3. The van der Waals surface area contributed by atoms with Crippen LogP contribution in [0.3, 0.4) is 0 Å². The average molecular weight is 364 g/mol. The van der Waals surface area contributed by atoms with Crippen LogP contribution in [0.1, 0.15) is 40.1 Å². The van der Waals surface area contributed by atoms with Crippen LogP contribution in [0.5, 0.6) is 0 Å². The zero-order valence-corrected chi connectivity index (χ0v) is 15.9. The van der Waals surface area contributed by atoms with Crippen molar-refractivity contribution in [2.75, 3.05) is 11.9 Å². The summed E-state index contributed by atoms with van der Waals surface area (Å²) in [4.78, 5) is 16.9. The predicted octanol–water partition coefficient (Wildman–Crippen LogP) is 4.40. The van der Waals surface area contributed by atoms with Crippen molar-refractivity contribution in [3.05, 3.63) is 77.1 Å². The fraction of sp³-hybridized carbons (Fsp3) is 0.318. The van der Waals surface area contributed by atoms with Crippen molar-refractivity contribution in [3.8, 4) is 0 Å². The minimum Gasteiger partial charge on any atom is -0.467 e. The van der Waals surface area contributed by atoms with E-state index in [4.69, 9.17) is 8.83 Å². The van der Waals surface area contributed by atoms with Gasteiger partial charge in [0.25, 0.3) is 5.91 Å². The monoisotopic (exact) mass is 364 g/mol. The zero-order chi connectivity index (χ0) is 19.0. The lowest BCUT2D eigenvalue weighted by atomic mass is 10.1. The number of carbonyl (C=O) groups is 1. The van der Waals surface area contributed by atoms with Crippen LogP contribution < -0.4 is 4.90 Å². The molecule has 2 aromatic heterocycles. The van der Waals surface area contributed by atoms with Gasteiger partial charge in [-0.2, -0.15) is 0 Å². The summed E-state index contributed by atoms with van der Waals surface area (Å²) in [5.41, 5.74) is 3.17. The van der Waals surface area contributed by atoms with Crippen LogP contribution in [0, 0.1) is 6.92 Å². The molecule has 0 N–H and O–H groups in total. The van der Waals surface area contributed by atoms with Crippen molar-refractivity contribution in [1.82, 2.24) is 4.90 Å². The maximum absolute atomic E-state index is 12.9. The SMILES string of the molecule is Cc1ccc(CN(C)C(=O)c2ccoc2CN2c3ccccc3CC2C)o1. The maximum Gasteiger partial charge on any atom is 0.257 e. The zero-order valence-electron chi connectivity index (χ0n) is 15.9. The number of carbonyl (C=O) groups excluding carboxylic acids is 1. The molecule has 1 aromatic carbocycles. The lowest BCUT2D eigenvalue weighted by Crippen LogP contribution is -2.31. The smallest absolute Gasteiger partial charge is 0.257 e. The van der Waals surface area contributed by atoms with E-state index in [9.17, 15) is 4.79 Å². The number of amides is 1. The number of rotatable bonds is 5. The number of fused-ring (bicyclic) bond motifs is 1. The Bertz CT molecular complexity index is 956. The summed E-state index contributed by atoms with van der Waals surface area (Å²) in [7, 11) is 1.78. The van der Waals surface area contributed by atoms with Crippen molar-refractivity contribution >= 4 is 11.6 Å². The average Bonchev–Trinajstić information content (AvgIpc) is 3.35. The van der Waals surface area contributed by atoms with Crippen LogP contribution in [-0.2, 0) is 19.5 Å². The van der Waals surface area contributed by atoms with Gasteiger partial charge < -0.3 is 18.6 Å². The number of benzene rings is 1. The second-order valence-electron chi connectivity index (χ2n) is 7.24. The van der Waals surface area contributed by atoms with E-state index in [1.165, 1.54) is 11.3 Å². The van der Waals surface area contributed by atoms with Crippen LogP contribution in [0.4, 0.5) is 5.69 Å². The van der Waals surface area contributed by atoms with Crippen molar-refractivity contribution < 1.29 is 13.6 Å². The second kappa shape index (κ2) is 6.99. The van der Waals surface area contributed by atoms with E-state index in [-0.39, 0.29) is 5.91 Å². The molecule has 0 spiro atoms. The maximum atomic E-state index is 12.9. The minimum absolute atomic E-state index is 0.0621. The number of hydrogen-bond acceptors (Lipinski definition) is 4. The van der Waals surface area contributed by atoms with Gasteiger partial charge >= 0.3 is 0 Å². The molecule has 1 aliphatic rings. The highest BCUT2D eigenvalue weighted by Crippen LogP contribution is 2.33. The Balaban J connectivity index is 1.52. The van der Waals surface area contributed by atoms with Crippen LogP contribution in [0.25, 0.3) is 0 Å². The van der Waals surface area contributed by atoms with Crippen LogP contribution >= 0.6 is 0 Å². The Morgan fingerprint density at radius 3 is 2.81 bits per heavy atom. The lowest BCUT2D eigenvalue weighted by Gasteiger charge is -2.24. The van der Waals surface area contributed by atoms with Gasteiger partial charge in [0.2, 0.25) is 0 Å². The first-order valence-corrected chi connectivity index (χ1v) is 9.24. The Morgan fingerprint density at radius 1 is 1.22 bits per heavy atom. The van der Waals surface area contributed by atoms with Gasteiger partial charge in [0, 0.05) is 18.8 Å². The summed E-state index contributed by atoms with van der Waals surface area (Å²) >= 11 is 0. The number of anilines is 1. The third-order valence-electron chi connectivity index (χ3n) is 5.17. The van der Waals surface area contributed by atoms with Gasteiger partial charge in [-0.15, -0.1) is 0 Å². The van der Waals surface area contributed by atoms with Crippen molar-refractivity contribution in [1.29, 1.82) is 0 Å². The van der Waals surface area contributed by atoms with Crippen molar-refractivity contribution in [2.24, 2.45) is 0 Å². The number of aryl methyl sites for hydroxylation is 1. The van der Waals surface area contributed by atoms with Gasteiger partial charge in [0.15, 0.2) is 0 Å². The van der Waals surface area contributed by atoms with Gasteiger partial charge in [0.05, 0.1) is 24.9 Å². The molecule has 5 nitrogen and oxygen atoms in total. The first-order valence-electron chi connectivity index (χ1n) is 9.24.